The molecule has 0 fully saturated rings. The van der Waals surface area contributed by atoms with Gasteiger partial charge in [0.05, 0.1) is 0 Å². The molecular formula is C8H18Si. The van der Waals surface area contributed by atoms with Crippen LogP contribution in [0.15, 0.2) is 25.3 Å². The summed E-state index contributed by atoms with van der Waals surface area (Å²) < 4.78 is 0. The van der Waals surface area contributed by atoms with E-state index in [4.69, 9.17) is 0 Å². The molecule has 54 valence electrons. The second-order valence-corrected chi connectivity index (χ2v) is 4.53. The van der Waals surface area contributed by atoms with Gasteiger partial charge in [0.1, 0.15) is 0 Å². The van der Waals surface area contributed by atoms with E-state index in [9.17, 15) is 0 Å². The molecule has 0 aliphatic carbocycles. The first kappa shape index (κ1) is 11.5. The Morgan fingerprint density at radius 2 is 1.44 bits per heavy atom. The highest BCUT2D eigenvalue weighted by atomic mass is 28.2. The lowest BCUT2D eigenvalue weighted by atomic mass is 10.6. The average Bonchev–Trinajstić information content (AvgIpc) is 1.91. The van der Waals surface area contributed by atoms with Gasteiger partial charge >= 0.3 is 0 Å². The van der Waals surface area contributed by atoms with Crippen LogP contribution in [0.3, 0.4) is 0 Å². The van der Waals surface area contributed by atoms with Crippen molar-refractivity contribution in [2.45, 2.75) is 25.9 Å². The van der Waals surface area contributed by atoms with Crippen molar-refractivity contribution in [3.8, 4) is 0 Å². The van der Waals surface area contributed by atoms with Crippen LogP contribution in [0.25, 0.3) is 0 Å². The second-order valence-electron chi connectivity index (χ2n) is 1.82. The molecule has 0 amide bonds. The van der Waals surface area contributed by atoms with E-state index in [1.54, 1.807) is 12.2 Å². The third kappa shape index (κ3) is 34.3. The number of rotatable bonds is 3. The minimum absolute atomic E-state index is 0.432. The fourth-order valence-corrected chi connectivity index (χ4v) is 1.06. The molecule has 0 heterocycles. The van der Waals surface area contributed by atoms with Crippen LogP contribution in [-0.4, -0.2) is 9.52 Å². The molecule has 0 saturated heterocycles. The molecule has 0 rings (SSSR count). The first-order valence-corrected chi connectivity index (χ1v) is 5.56. The predicted octanol–water partition coefficient (Wildman–Crippen LogP) is 2.39. The minimum Gasteiger partial charge on any atom is -0.0991 e. The maximum atomic E-state index is 3.36. The molecule has 0 saturated carbocycles. The van der Waals surface area contributed by atoms with Crippen LogP contribution < -0.4 is 0 Å². The van der Waals surface area contributed by atoms with Crippen molar-refractivity contribution in [1.82, 2.24) is 0 Å². The van der Waals surface area contributed by atoms with Crippen LogP contribution in [0.4, 0.5) is 0 Å². The van der Waals surface area contributed by atoms with E-state index >= 15 is 0 Å². The van der Waals surface area contributed by atoms with Crippen molar-refractivity contribution < 1.29 is 0 Å². The monoisotopic (exact) mass is 142 g/mol. The highest BCUT2D eigenvalue weighted by molar-refractivity contribution is 6.34. The lowest BCUT2D eigenvalue weighted by Gasteiger charge is -1.77. The summed E-state index contributed by atoms with van der Waals surface area (Å²) in [4.78, 5) is 0. The first-order chi connectivity index (χ1) is 4.33. The Kier molecular flexibility index (Phi) is 20.0. The molecule has 0 N–H and O–H groups in total. The lowest BCUT2D eigenvalue weighted by Crippen LogP contribution is -1.76. The van der Waals surface area contributed by atoms with Crippen molar-refractivity contribution in [1.29, 1.82) is 0 Å². The van der Waals surface area contributed by atoms with E-state index < -0.39 is 0 Å². The van der Waals surface area contributed by atoms with Crippen LogP contribution in [0.5, 0.6) is 0 Å². The largest absolute Gasteiger partial charge is 0.0991 e. The highest BCUT2D eigenvalue weighted by Crippen LogP contribution is 1.77. The minimum atomic E-state index is 0.432. The topological polar surface area (TPSA) is 0 Å². The average molecular weight is 142 g/mol. The molecule has 0 radical (unpaired) electrons. The van der Waals surface area contributed by atoms with Gasteiger partial charge in [-0.15, -0.1) is 0 Å². The van der Waals surface area contributed by atoms with Crippen LogP contribution in [0, 0.1) is 0 Å². The van der Waals surface area contributed by atoms with E-state index in [1.165, 1.54) is 12.1 Å². The summed E-state index contributed by atoms with van der Waals surface area (Å²) in [7, 11) is 0.432. The molecule has 0 unspecified atom stereocenters. The summed E-state index contributed by atoms with van der Waals surface area (Å²) in [6.07, 6.45) is 3.28. The zero-order valence-electron chi connectivity index (χ0n) is 6.69. The molecule has 0 bridgehead atoms. The lowest BCUT2D eigenvalue weighted by molar-refractivity contribution is 1.36. The molecule has 1 heteroatoms. The van der Waals surface area contributed by atoms with Gasteiger partial charge in [-0.3, -0.25) is 0 Å². The summed E-state index contributed by atoms with van der Waals surface area (Å²) >= 11 is 0. The standard InChI is InChI=1S/C4H12Si.C4H6/c1-3-5-4-2;1-3-4-2/h3-5H2,1-2H3;3-4H,1-2H2. The molecule has 0 aromatic carbocycles. The van der Waals surface area contributed by atoms with Gasteiger partial charge in [0.2, 0.25) is 0 Å². The molecule has 0 nitrogen and oxygen atoms in total. The third-order valence-corrected chi connectivity index (χ3v) is 2.29. The van der Waals surface area contributed by atoms with Gasteiger partial charge in [-0.1, -0.05) is 51.2 Å². The second kappa shape index (κ2) is 15.6. The summed E-state index contributed by atoms with van der Waals surface area (Å²) in [5, 5.41) is 0. The fraction of sp³-hybridized carbons (Fsp3) is 0.500. The van der Waals surface area contributed by atoms with Gasteiger partial charge in [-0.2, -0.15) is 0 Å². The smallest absolute Gasteiger partial charge is 0.0192 e. The van der Waals surface area contributed by atoms with Gasteiger partial charge in [0.25, 0.3) is 0 Å². The molecule has 0 aromatic heterocycles. The van der Waals surface area contributed by atoms with E-state index in [-0.39, 0.29) is 0 Å². The fourth-order valence-electron chi connectivity index (χ4n) is 0.354. The van der Waals surface area contributed by atoms with Crippen LogP contribution in [0.1, 0.15) is 13.8 Å². The van der Waals surface area contributed by atoms with E-state index in [2.05, 4.69) is 27.0 Å². The summed E-state index contributed by atoms with van der Waals surface area (Å²) in [6, 6.07) is 2.97. The van der Waals surface area contributed by atoms with Gasteiger partial charge in [0, 0.05) is 9.52 Å². The number of allylic oxidation sites excluding steroid dienone is 2. The zero-order chi connectivity index (χ0) is 7.54. The van der Waals surface area contributed by atoms with Crippen LogP contribution in [0.2, 0.25) is 12.1 Å². The molecule has 0 spiro atoms. The van der Waals surface area contributed by atoms with Crippen molar-refractivity contribution in [2.75, 3.05) is 0 Å². The Bertz CT molecular complexity index is 49.6. The molecule has 0 aliphatic heterocycles. The molecule has 9 heavy (non-hydrogen) atoms. The van der Waals surface area contributed by atoms with E-state index in [0.29, 0.717) is 9.52 Å². The number of hydrogen-bond donors (Lipinski definition) is 0. The predicted molar refractivity (Wildman–Crippen MR) is 49.9 cm³/mol. The Balaban J connectivity index is 0. The molecule has 0 aliphatic rings. The van der Waals surface area contributed by atoms with Crippen molar-refractivity contribution >= 4 is 9.52 Å². The van der Waals surface area contributed by atoms with E-state index in [0.717, 1.165) is 0 Å². The quantitative estimate of drug-likeness (QED) is 0.419. The zero-order valence-corrected chi connectivity index (χ0v) is 8.10. The summed E-state index contributed by atoms with van der Waals surface area (Å²) in [5.74, 6) is 0. The summed E-state index contributed by atoms with van der Waals surface area (Å²) in [5.41, 5.74) is 0. The summed E-state index contributed by atoms with van der Waals surface area (Å²) in [6.45, 7) is 11.3. The first-order valence-electron chi connectivity index (χ1n) is 3.56. The van der Waals surface area contributed by atoms with Gasteiger partial charge in [-0.05, 0) is 0 Å². The van der Waals surface area contributed by atoms with E-state index in [1.807, 2.05) is 0 Å². The van der Waals surface area contributed by atoms with Crippen LogP contribution in [-0.2, 0) is 0 Å². The van der Waals surface area contributed by atoms with Crippen molar-refractivity contribution in [2.24, 2.45) is 0 Å². The Morgan fingerprint density at radius 1 is 1.11 bits per heavy atom. The molecular weight excluding hydrogens is 124 g/mol. The Labute approximate surface area is 61.5 Å². The number of hydrogen-bond acceptors (Lipinski definition) is 0. The maximum Gasteiger partial charge on any atom is 0.0192 e. The van der Waals surface area contributed by atoms with Crippen molar-refractivity contribution in [3.05, 3.63) is 25.3 Å². The van der Waals surface area contributed by atoms with Crippen molar-refractivity contribution in [3.63, 3.8) is 0 Å². The van der Waals surface area contributed by atoms with Gasteiger partial charge in [-0.25, -0.2) is 0 Å². The highest BCUT2D eigenvalue weighted by Gasteiger charge is 1.70. The van der Waals surface area contributed by atoms with Crippen LogP contribution >= 0.6 is 0 Å². The Hall–Kier alpha value is -0.303. The molecule has 0 atom stereocenters. The SMILES string of the molecule is C=CC=C.CC[SiH2]CC. The Morgan fingerprint density at radius 3 is 1.44 bits per heavy atom. The van der Waals surface area contributed by atoms with Gasteiger partial charge < -0.3 is 0 Å². The normalized spacial score (nSPS) is 6.89. The maximum absolute atomic E-state index is 3.36. The third-order valence-electron chi connectivity index (χ3n) is 0.874. The van der Waals surface area contributed by atoms with Gasteiger partial charge in [0.15, 0.2) is 0 Å². The molecule has 0 aromatic rings.